The van der Waals surface area contributed by atoms with E-state index in [1.807, 2.05) is 19.2 Å². The van der Waals surface area contributed by atoms with Crippen molar-refractivity contribution in [2.75, 3.05) is 20.7 Å². The molecule has 1 spiro atoms. The molecule has 2 N–H and O–H groups in total. The summed E-state index contributed by atoms with van der Waals surface area (Å²) in [4.78, 5) is 37.3. The zero-order valence-corrected chi connectivity index (χ0v) is 19.2. The van der Waals surface area contributed by atoms with Crippen molar-refractivity contribution in [3.05, 3.63) is 35.1 Å². The van der Waals surface area contributed by atoms with Crippen molar-refractivity contribution in [2.45, 2.75) is 61.9 Å². The lowest BCUT2D eigenvalue weighted by Gasteiger charge is -2.61. The van der Waals surface area contributed by atoms with Gasteiger partial charge in [0, 0.05) is 18.0 Å². The number of carboxylic acids is 1. The lowest BCUT2D eigenvalue weighted by Crippen LogP contribution is -2.74. The Kier molecular flexibility index (Phi) is 5.14. The maximum atomic E-state index is 12.7. The normalized spacial score (nSPS) is 31.5. The molecule has 2 aliphatic carbocycles. The highest BCUT2D eigenvalue weighted by molar-refractivity contribution is 5.91. The Morgan fingerprint density at radius 1 is 1.32 bits per heavy atom. The fourth-order valence-electron chi connectivity index (χ4n) is 6.20. The summed E-state index contributed by atoms with van der Waals surface area (Å²) in [6.07, 6.45) is 0.253. The molecule has 34 heavy (non-hydrogen) atoms. The maximum Gasteiger partial charge on any atom is 0.352 e. The molecule has 1 aromatic carbocycles. The lowest BCUT2D eigenvalue weighted by molar-refractivity contribution is -0.176. The van der Waals surface area contributed by atoms with Crippen molar-refractivity contribution in [3.8, 4) is 11.5 Å². The quantitative estimate of drug-likeness (QED) is 0.454. The number of carbonyl (C=O) groups excluding carboxylic acids is 2. The monoisotopic (exact) mass is 473 g/mol. The maximum absolute atomic E-state index is 12.7. The molecule has 2 heterocycles. The number of nitrogens with zero attached hydrogens (tertiary/aromatic N) is 1. The highest BCUT2D eigenvalue weighted by Gasteiger charge is 2.72. The molecule has 0 radical (unpaired) electrons. The van der Waals surface area contributed by atoms with E-state index in [2.05, 4.69) is 4.90 Å². The molecular weight excluding hydrogens is 446 g/mol. The Hall–Kier alpha value is -3.11. The average Bonchev–Trinajstić information content (AvgIpc) is 3.13. The summed E-state index contributed by atoms with van der Waals surface area (Å²) >= 11 is 0. The Bertz CT molecular complexity index is 1110. The van der Waals surface area contributed by atoms with Gasteiger partial charge in [0.2, 0.25) is 0 Å². The van der Waals surface area contributed by atoms with Crippen LogP contribution in [0.5, 0.6) is 11.5 Å². The fourth-order valence-corrected chi connectivity index (χ4v) is 6.20. The third kappa shape index (κ3) is 2.98. The number of carbonyl (C=O) groups is 3. The van der Waals surface area contributed by atoms with Gasteiger partial charge in [-0.2, -0.15) is 0 Å². The van der Waals surface area contributed by atoms with Crippen molar-refractivity contribution in [1.82, 2.24) is 4.90 Å². The van der Waals surface area contributed by atoms with Crippen LogP contribution in [0.3, 0.4) is 0 Å². The summed E-state index contributed by atoms with van der Waals surface area (Å²) < 4.78 is 22.5. The average molecular weight is 473 g/mol. The van der Waals surface area contributed by atoms with Crippen molar-refractivity contribution >= 4 is 17.9 Å². The molecule has 2 aliphatic heterocycles. The van der Waals surface area contributed by atoms with Gasteiger partial charge in [0.05, 0.1) is 18.1 Å². The van der Waals surface area contributed by atoms with Gasteiger partial charge in [-0.05, 0) is 51.1 Å². The van der Waals surface area contributed by atoms with Crippen molar-refractivity contribution < 1.29 is 43.5 Å². The van der Waals surface area contributed by atoms with E-state index >= 15 is 0 Å². The molecule has 0 amide bonds. The van der Waals surface area contributed by atoms with Gasteiger partial charge in [-0.1, -0.05) is 6.07 Å². The Morgan fingerprint density at radius 3 is 2.79 bits per heavy atom. The number of hydrogen-bond acceptors (Lipinski definition) is 9. The number of aliphatic hydroxyl groups is 1. The van der Waals surface area contributed by atoms with Gasteiger partial charge in [0.1, 0.15) is 12.2 Å². The van der Waals surface area contributed by atoms with Crippen LogP contribution in [0.15, 0.2) is 24.0 Å². The summed E-state index contributed by atoms with van der Waals surface area (Å²) in [6.45, 7) is 2.05. The van der Waals surface area contributed by atoms with Crippen LogP contribution in [0.1, 0.15) is 37.3 Å². The van der Waals surface area contributed by atoms with Gasteiger partial charge >= 0.3 is 17.9 Å². The highest BCUT2D eigenvalue weighted by Crippen LogP contribution is 2.65. The third-order valence-corrected chi connectivity index (χ3v) is 7.71. The number of likely N-dealkylation sites (N-methyl/N-ethyl adjacent to an activating group) is 1. The van der Waals surface area contributed by atoms with Crippen molar-refractivity contribution in [2.24, 2.45) is 0 Å². The smallest absolute Gasteiger partial charge is 0.352 e. The van der Waals surface area contributed by atoms with Gasteiger partial charge < -0.3 is 34.1 Å². The number of likely N-dealkylation sites (tertiary alicyclic amines) is 1. The van der Waals surface area contributed by atoms with Gasteiger partial charge in [0.15, 0.2) is 23.7 Å². The predicted molar refractivity (Wildman–Crippen MR) is 115 cm³/mol. The van der Waals surface area contributed by atoms with Gasteiger partial charge in [-0.15, -0.1) is 0 Å². The van der Waals surface area contributed by atoms with Crippen LogP contribution in [0.4, 0.5) is 0 Å². The second-order valence-electron chi connectivity index (χ2n) is 9.41. The van der Waals surface area contributed by atoms with E-state index in [0.717, 1.165) is 17.7 Å². The first-order valence-corrected chi connectivity index (χ1v) is 11.2. The molecule has 1 saturated heterocycles. The largest absolute Gasteiger partial charge is 0.493 e. The van der Waals surface area contributed by atoms with E-state index in [9.17, 15) is 19.5 Å². The zero-order chi connectivity index (χ0) is 24.4. The Labute approximate surface area is 196 Å². The molecule has 10 heteroatoms. The predicted octanol–water partition coefficient (Wildman–Crippen LogP) is 0.922. The first-order chi connectivity index (χ1) is 16.1. The number of hydrogen-bond donors (Lipinski definition) is 2. The van der Waals surface area contributed by atoms with E-state index in [1.54, 1.807) is 13.2 Å². The first-order valence-electron chi connectivity index (χ1n) is 11.2. The molecule has 1 fully saturated rings. The summed E-state index contributed by atoms with van der Waals surface area (Å²) in [5.41, 5.74) is 0.0225. The van der Waals surface area contributed by atoms with Crippen LogP contribution in [0.25, 0.3) is 0 Å². The van der Waals surface area contributed by atoms with Crippen LogP contribution < -0.4 is 9.47 Å². The van der Waals surface area contributed by atoms with Crippen LogP contribution in [0, 0.1) is 0 Å². The molecule has 1 aromatic rings. The second kappa shape index (κ2) is 7.71. The first kappa shape index (κ1) is 22.7. The minimum absolute atomic E-state index is 0.136. The van der Waals surface area contributed by atoms with E-state index in [4.69, 9.17) is 24.1 Å². The summed E-state index contributed by atoms with van der Waals surface area (Å²) in [7, 11) is 3.56. The summed E-state index contributed by atoms with van der Waals surface area (Å²) in [5.74, 6) is -1.90. The molecule has 0 saturated carbocycles. The van der Waals surface area contributed by atoms with Crippen molar-refractivity contribution in [3.63, 3.8) is 0 Å². The van der Waals surface area contributed by atoms with E-state index in [0.29, 0.717) is 24.3 Å². The Morgan fingerprint density at radius 2 is 2.09 bits per heavy atom. The van der Waals surface area contributed by atoms with Crippen LogP contribution in [-0.2, 0) is 35.7 Å². The Balaban J connectivity index is 1.50. The highest BCUT2D eigenvalue weighted by atomic mass is 16.6. The fraction of sp³-hybridized carbons (Fsp3) is 0.542. The van der Waals surface area contributed by atoms with Crippen LogP contribution in [0.2, 0.25) is 0 Å². The third-order valence-electron chi connectivity index (χ3n) is 7.71. The summed E-state index contributed by atoms with van der Waals surface area (Å²) in [5, 5.41) is 20.9. The zero-order valence-electron chi connectivity index (χ0n) is 19.2. The van der Waals surface area contributed by atoms with Crippen molar-refractivity contribution in [1.29, 1.82) is 0 Å². The van der Waals surface area contributed by atoms with Gasteiger partial charge in [0.25, 0.3) is 0 Å². The SMILES string of the molecule is COc1ccc2c3c1O[C@@H]1C(OC(=O)[C@H](C)OC(=O)CC(=O)O)=CC[C@]4(O)[C@H](C2)N(C)CC[C@@]314. The van der Waals surface area contributed by atoms with E-state index < -0.39 is 47.6 Å². The number of carboxylic acid groups (broad SMARTS) is 1. The number of ether oxygens (including phenoxy) is 4. The number of methoxy groups -OCH3 is 1. The molecule has 0 unspecified atom stereocenters. The van der Waals surface area contributed by atoms with E-state index in [-0.39, 0.29) is 18.2 Å². The standard InChI is InChI=1S/C24H27NO9/c1-12(32-18(28)11-17(26)27)22(29)33-15-6-7-24(30)16-10-13-4-5-14(31-3)20-19(13)23(24,21(15)34-20)8-9-25(16)2/h4-6,12,16,21,30H,7-11H2,1-3H3,(H,26,27)/t12-,16-,21+,23+,24-/m0/s1. The minimum Gasteiger partial charge on any atom is -0.493 e. The molecule has 5 atom stereocenters. The lowest BCUT2D eigenvalue weighted by atomic mass is 9.50. The summed E-state index contributed by atoms with van der Waals surface area (Å²) in [6, 6.07) is 3.72. The minimum atomic E-state index is -1.35. The molecule has 182 valence electrons. The molecule has 4 aliphatic rings. The number of rotatable bonds is 6. The number of aliphatic carboxylic acids is 1. The molecule has 2 bridgehead atoms. The molecule has 10 nitrogen and oxygen atoms in total. The van der Waals surface area contributed by atoms with Gasteiger partial charge in [-0.25, -0.2) is 4.79 Å². The van der Waals surface area contributed by atoms with Gasteiger partial charge in [-0.3, -0.25) is 9.59 Å². The number of piperidine rings is 1. The van der Waals surface area contributed by atoms with Crippen LogP contribution in [-0.4, -0.2) is 77.6 Å². The second-order valence-corrected chi connectivity index (χ2v) is 9.41. The van der Waals surface area contributed by atoms with E-state index in [1.165, 1.54) is 6.92 Å². The number of benzene rings is 1. The molecule has 5 rings (SSSR count). The van der Waals surface area contributed by atoms with Crippen LogP contribution >= 0.6 is 0 Å². The topological polar surface area (TPSA) is 132 Å². The molecular formula is C24H27NO9. The number of esters is 2. The molecule has 0 aromatic heterocycles.